The maximum atomic E-state index is 13.2. The highest BCUT2D eigenvalue weighted by Gasteiger charge is 2.21. The summed E-state index contributed by atoms with van der Waals surface area (Å²) in [6.07, 6.45) is 4.35. The summed E-state index contributed by atoms with van der Waals surface area (Å²) in [5.41, 5.74) is 3.69. The summed E-state index contributed by atoms with van der Waals surface area (Å²) in [6.45, 7) is 0.252. The van der Waals surface area contributed by atoms with Gasteiger partial charge in [-0.05, 0) is 54.7 Å². The number of halogens is 1. The number of urea groups is 1. The van der Waals surface area contributed by atoms with E-state index in [2.05, 4.69) is 20.8 Å². The Morgan fingerprint density at radius 3 is 3.04 bits per heavy atom. The number of amides is 2. The Bertz CT molecular complexity index is 972. The van der Waals surface area contributed by atoms with Crippen molar-refractivity contribution in [2.75, 3.05) is 5.32 Å². The van der Waals surface area contributed by atoms with Crippen LogP contribution in [0.3, 0.4) is 0 Å². The molecule has 1 aliphatic rings. The minimum absolute atomic E-state index is 0.0810. The first-order valence-corrected chi connectivity index (χ1v) is 9.21. The number of aryl methyl sites for hydroxylation is 1. The Balaban J connectivity index is 1.31. The molecule has 1 atom stereocenters. The minimum atomic E-state index is -0.293. The van der Waals surface area contributed by atoms with Crippen molar-refractivity contribution in [2.45, 2.75) is 31.9 Å². The second-order valence-electron chi connectivity index (χ2n) is 6.86. The third kappa shape index (κ3) is 4.49. The summed E-state index contributed by atoms with van der Waals surface area (Å²) in [4.78, 5) is 12.3. The van der Waals surface area contributed by atoms with E-state index in [0.717, 1.165) is 36.1 Å². The van der Waals surface area contributed by atoms with Crippen LogP contribution in [0.1, 0.15) is 23.2 Å². The van der Waals surface area contributed by atoms with Crippen molar-refractivity contribution in [3.8, 4) is 5.75 Å². The van der Waals surface area contributed by atoms with Crippen LogP contribution in [0, 0.1) is 5.82 Å². The lowest BCUT2D eigenvalue weighted by Gasteiger charge is -2.23. The molecule has 28 heavy (non-hydrogen) atoms. The van der Waals surface area contributed by atoms with Crippen LogP contribution in [0.4, 0.5) is 14.9 Å². The number of nitrogens with zero attached hydrogens (tertiary/aromatic N) is 1. The van der Waals surface area contributed by atoms with Crippen molar-refractivity contribution < 1.29 is 13.9 Å². The van der Waals surface area contributed by atoms with Crippen LogP contribution in [-0.2, 0) is 19.4 Å². The van der Waals surface area contributed by atoms with E-state index in [-0.39, 0.29) is 24.5 Å². The molecule has 0 bridgehead atoms. The van der Waals surface area contributed by atoms with Crippen LogP contribution in [0.25, 0.3) is 0 Å². The Morgan fingerprint density at radius 1 is 1.25 bits per heavy atom. The highest BCUT2D eigenvalue weighted by atomic mass is 19.1. The van der Waals surface area contributed by atoms with Crippen LogP contribution in [0.15, 0.2) is 54.7 Å². The molecule has 0 saturated carbocycles. The smallest absolute Gasteiger partial charge is 0.319 e. The fourth-order valence-electron chi connectivity index (χ4n) is 3.35. The van der Waals surface area contributed by atoms with Gasteiger partial charge in [0.25, 0.3) is 0 Å². The summed E-state index contributed by atoms with van der Waals surface area (Å²) in [5, 5.41) is 12.9. The number of carbonyl (C=O) groups is 1. The highest BCUT2D eigenvalue weighted by molar-refractivity contribution is 5.89. The SMILES string of the molecule is O=C(Nc1cccc(OCc2cccc(F)c2)c1)N[C@H]1CCc2[nH]ncc2C1. The zero-order valence-electron chi connectivity index (χ0n) is 15.2. The van der Waals surface area contributed by atoms with E-state index in [4.69, 9.17) is 4.74 Å². The molecule has 0 radical (unpaired) electrons. The molecule has 4 rings (SSSR count). The third-order valence-corrected chi connectivity index (χ3v) is 4.74. The van der Waals surface area contributed by atoms with Crippen molar-refractivity contribution in [3.05, 3.63) is 77.4 Å². The van der Waals surface area contributed by atoms with Crippen LogP contribution >= 0.6 is 0 Å². The molecule has 3 aromatic rings. The zero-order chi connectivity index (χ0) is 19.3. The van der Waals surface area contributed by atoms with E-state index in [9.17, 15) is 9.18 Å². The molecular weight excluding hydrogens is 359 g/mol. The monoisotopic (exact) mass is 380 g/mol. The van der Waals surface area contributed by atoms with Gasteiger partial charge >= 0.3 is 6.03 Å². The van der Waals surface area contributed by atoms with E-state index in [0.29, 0.717) is 11.4 Å². The lowest BCUT2D eigenvalue weighted by molar-refractivity contribution is 0.247. The Morgan fingerprint density at radius 2 is 2.14 bits per heavy atom. The van der Waals surface area contributed by atoms with Crippen molar-refractivity contribution in [2.24, 2.45) is 0 Å². The first kappa shape index (κ1) is 18.0. The number of aromatic amines is 1. The first-order chi connectivity index (χ1) is 13.7. The van der Waals surface area contributed by atoms with Gasteiger partial charge in [0.2, 0.25) is 0 Å². The van der Waals surface area contributed by atoms with Gasteiger partial charge in [-0.25, -0.2) is 9.18 Å². The average Bonchev–Trinajstić information content (AvgIpc) is 3.14. The van der Waals surface area contributed by atoms with Crippen LogP contribution in [0.5, 0.6) is 5.75 Å². The molecule has 2 aromatic carbocycles. The standard InChI is InChI=1S/C21H21FN4O2/c22-16-4-1-3-14(9-16)13-28-19-6-2-5-17(11-19)24-21(27)25-18-7-8-20-15(10-18)12-23-26-20/h1-6,9,11-12,18H,7-8,10,13H2,(H,23,26)(H2,24,25,27)/t18-/m0/s1. The summed E-state index contributed by atoms with van der Waals surface area (Å²) in [6, 6.07) is 13.2. The molecule has 0 spiro atoms. The molecule has 0 aliphatic heterocycles. The number of hydrogen-bond acceptors (Lipinski definition) is 3. The number of ether oxygens (including phenoxy) is 1. The van der Waals surface area contributed by atoms with Crippen LogP contribution in [0.2, 0.25) is 0 Å². The fraction of sp³-hybridized carbons (Fsp3) is 0.238. The number of anilines is 1. The number of benzene rings is 2. The maximum absolute atomic E-state index is 13.2. The van der Waals surface area contributed by atoms with Crippen molar-refractivity contribution in [1.82, 2.24) is 15.5 Å². The number of fused-ring (bicyclic) bond motifs is 1. The Kier molecular flexibility index (Phi) is 5.23. The molecular formula is C21H21FN4O2. The van der Waals surface area contributed by atoms with Gasteiger partial charge in [-0.15, -0.1) is 0 Å². The number of H-pyrrole nitrogens is 1. The van der Waals surface area contributed by atoms with E-state index >= 15 is 0 Å². The van der Waals surface area contributed by atoms with Gasteiger partial charge in [-0.1, -0.05) is 18.2 Å². The summed E-state index contributed by atoms with van der Waals surface area (Å²) in [7, 11) is 0. The summed E-state index contributed by atoms with van der Waals surface area (Å²) < 4.78 is 18.9. The average molecular weight is 380 g/mol. The Labute approximate surface area is 162 Å². The second kappa shape index (κ2) is 8.12. The molecule has 0 fully saturated rings. The predicted octanol–water partition coefficient (Wildman–Crippen LogP) is 3.81. The lowest BCUT2D eigenvalue weighted by atomic mass is 9.94. The van der Waals surface area contributed by atoms with Crippen molar-refractivity contribution in [3.63, 3.8) is 0 Å². The summed E-state index contributed by atoms with van der Waals surface area (Å²) in [5.74, 6) is 0.307. The number of nitrogens with one attached hydrogen (secondary N) is 3. The third-order valence-electron chi connectivity index (χ3n) is 4.74. The maximum Gasteiger partial charge on any atom is 0.319 e. The lowest BCUT2D eigenvalue weighted by Crippen LogP contribution is -2.41. The second-order valence-corrected chi connectivity index (χ2v) is 6.86. The highest BCUT2D eigenvalue weighted by Crippen LogP contribution is 2.21. The largest absolute Gasteiger partial charge is 0.489 e. The van der Waals surface area contributed by atoms with Gasteiger partial charge < -0.3 is 15.4 Å². The number of rotatable bonds is 5. The number of aromatic nitrogens is 2. The molecule has 2 amide bonds. The van der Waals surface area contributed by atoms with Gasteiger partial charge in [0.15, 0.2) is 0 Å². The molecule has 0 unspecified atom stereocenters. The van der Waals surface area contributed by atoms with Gasteiger partial charge in [-0.2, -0.15) is 5.10 Å². The molecule has 6 nitrogen and oxygen atoms in total. The molecule has 1 heterocycles. The predicted molar refractivity (Wildman–Crippen MR) is 104 cm³/mol. The molecule has 3 N–H and O–H groups in total. The van der Waals surface area contributed by atoms with E-state index < -0.39 is 0 Å². The van der Waals surface area contributed by atoms with Crippen LogP contribution < -0.4 is 15.4 Å². The number of carbonyl (C=O) groups excluding carboxylic acids is 1. The molecule has 7 heteroatoms. The van der Waals surface area contributed by atoms with Crippen molar-refractivity contribution >= 4 is 11.7 Å². The number of hydrogen-bond donors (Lipinski definition) is 3. The van der Waals surface area contributed by atoms with Crippen LogP contribution in [-0.4, -0.2) is 22.3 Å². The van der Waals surface area contributed by atoms with Gasteiger partial charge in [-0.3, -0.25) is 5.10 Å². The zero-order valence-corrected chi connectivity index (χ0v) is 15.2. The molecule has 0 saturated heterocycles. The molecule has 144 valence electrons. The molecule has 1 aliphatic carbocycles. The molecule has 1 aromatic heterocycles. The van der Waals surface area contributed by atoms with Gasteiger partial charge in [0, 0.05) is 23.5 Å². The van der Waals surface area contributed by atoms with Gasteiger partial charge in [0.1, 0.15) is 18.2 Å². The summed E-state index contributed by atoms with van der Waals surface area (Å²) >= 11 is 0. The normalized spacial score (nSPS) is 15.5. The topological polar surface area (TPSA) is 79.0 Å². The Hall–Kier alpha value is -3.35. The fourth-order valence-corrected chi connectivity index (χ4v) is 3.35. The van der Waals surface area contributed by atoms with Crippen molar-refractivity contribution in [1.29, 1.82) is 0 Å². The van der Waals surface area contributed by atoms with E-state index in [1.165, 1.54) is 12.1 Å². The van der Waals surface area contributed by atoms with Gasteiger partial charge in [0.05, 0.1) is 6.20 Å². The van der Waals surface area contributed by atoms with E-state index in [1.807, 2.05) is 6.20 Å². The minimum Gasteiger partial charge on any atom is -0.489 e. The van der Waals surface area contributed by atoms with E-state index in [1.54, 1.807) is 36.4 Å². The first-order valence-electron chi connectivity index (χ1n) is 9.21. The quantitative estimate of drug-likeness (QED) is 0.630.